The normalized spacial score (nSPS) is 15.8. The van der Waals surface area contributed by atoms with Gasteiger partial charge in [-0.2, -0.15) is 0 Å². The van der Waals surface area contributed by atoms with Crippen molar-refractivity contribution in [2.75, 3.05) is 13.1 Å². The fraction of sp³-hybridized carbons (Fsp3) is 0.444. The summed E-state index contributed by atoms with van der Waals surface area (Å²) < 4.78 is 0. The summed E-state index contributed by atoms with van der Waals surface area (Å²) >= 11 is 1.53. The van der Waals surface area contributed by atoms with E-state index in [1.165, 1.54) is 16.9 Å². The van der Waals surface area contributed by atoms with Crippen LogP contribution in [0.2, 0.25) is 0 Å². The van der Waals surface area contributed by atoms with Crippen molar-refractivity contribution in [1.82, 2.24) is 9.88 Å². The van der Waals surface area contributed by atoms with Gasteiger partial charge in [-0.25, -0.2) is 4.98 Å². The Morgan fingerprint density at radius 2 is 2.00 bits per heavy atom. The van der Waals surface area contributed by atoms with Gasteiger partial charge in [0.05, 0.1) is 12.1 Å². The molecule has 23 heavy (non-hydrogen) atoms. The number of nitrogens with two attached hydrogens (primary N) is 1. The van der Waals surface area contributed by atoms with E-state index in [0.717, 1.165) is 43.1 Å². The zero-order valence-electron chi connectivity index (χ0n) is 13.3. The number of carbonyl (C=O) groups is 1. The molecule has 2 heterocycles. The number of thiazole rings is 1. The van der Waals surface area contributed by atoms with E-state index in [4.69, 9.17) is 5.73 Å². The van der Waals surface area contributed by atoms with Gasteiger partial charge in [0.1, 0.15) is 5.01 Å². The molecule has 1 aliphatic rings. The number of piperidine rings is 1. The number of hydrogen-bond donors (Lipinski definition) is 1. The second-order valence-corrected chi connectivity index (χ2v) is 7.07. The van der Waals surface area contributed by atoms with Crippen molar-refractivity contribution in [3.8, 4) is 0 Å². The molecule has 0 radical (unpaired) electrons. The van der Waals surface area contributed by atoms with Crippen molar-refractivity contribution in [3.05, 3.63) is 52.0 Å². The van der Waals surface area contributed by atoms with Crippen molar-refractivity contribution in [1.29, 1.82) is 0 Å². The van der Waals surface area contributed by atoms with Crippen LogP contribution in [0.25, 0.3) is 0 Å². The average Bonchev–Trinajstić information content (AvgIpc) is 3.04. The van der Waals surface area contributed by atoms with Crippen LogP contribution in [0.5, 0.6) is 0 Å². The summed E-state index contributed by atoms with van der Waals surface area (Å²) in [7, 11) is 0. The quantitative estimate of drug-likeness (QED) is 0.917. The van der Waals surface area contributed by atoms with Crippen LogP contribution in [-0.2, 0) is 24.2 Å². The van der Waals surface area contributed by atoms with Gasteiger partial charge < -0.3 is 10.6 Å². The molecule has 5 heteroatoms. The molecule has 2 aromatic rings. The lowest BCUT2D eigenvalue weighted by Crippen LogP contribution is -2.39. The number of nitrogens with zero attached hydrogens (tertiary/aromatic N) is 2. The van der Waals surface area contributed by atoms with E-state index in [0.29, 0.717) is 18.9 Å². The second kappa shape index (κ2) is 7.70. The van der Waals surface area contributed by atoms with E-state index in [2.05, 4.69) is 35.3 Å². The summed E-state index contributed by atoms with van der Waals surface area (Å²) in [4.78, 5) is 18.8. The topological polar surface area (TPSA) is 59.2 Å². The van der Waals surface area contributed by atoms with E-state index < -0.39 is 0 Å². The Kier molecular flexibility index (Phi) is 5.41. The van der Waals surface area contributed by atoms with Crippen molar-refractivity contribution in [2.45, 2.75) is 32.2 Å². The smallest absolute Gasteiger partial charge is 0.228 e. The number of hydrogen-bond acceptors (Lipinski definition) is 4. The zero-order valence-corrected chi connectivity index (χ0v) is 14.1. The lowest BCUT2D eigenvalue weighted by atomic mass is 9.90. The first-order valence-electron chi connectivity index (χ1n) is 8.19. The molecule has 3 rings (SSSR count). The number of amides is 1. The Morgan fingerprint density at radius 3 is 2.65 bits per heavy atom. The van der Waals surface area contributed by atoms with Crippen LogP contribution >= 0.6 is 11.3 Å². The Bertz CT molecular complexity index is 633. The maximum atomic E-state index is 12.4. The van der Waals surface area contributed by atoms with Crippen LogP contribution in [0.1, 0.15) is 29.1 Å². The van der Waals surface area contributed by atoms with Crippen LogP contribution in [0, 0.1) is 5.92 Å². The number of carbonyl (C=O) groups excluding carboxylic acids is 1. The monoisotopic (exact) mass is 329 g/mol. The van der Waals surface area contributed by atoms with Gasteiger partial charge in [-0.05, 0) is 30.7 Å². The van der Waals surface area contributed by atoms with Crippen LogP contribution in [-0.4, -0.2) is 28.9 Å². The highest BCUT2D eigenvalue weighted by Crippen LogP contribution is 2.22. The van der Waals surface area contributed by atoms with Crippen molar-refractivity contribution in [2.24, 2.45) is 11.7 Å². The highest BCUT2D eigenvalue weighted by molar-refractivity contribution is 7.09. The van der Waals surface area contributed by atoms with E-state index in [-0.39, 0.29) is 5.91 Å². The number of rotatable bonds is 5. The highest BCUT2D eigenvalue weighted by Gasteiger charge is 2.23. The van der Waals surface area contributed by atoms with Crippen molar-refractivity contribution < 1.29 is 4.79 Å². The maximum Gasteiger partial charge on any atom is 0.228 e. The molecule has 0 unspecified atom stereocenters. The van der Waals surface area contributed by atoms with Gasteiger partial charge in [-0.15, -0.1) is 11.3 Å². The van der Waals surface area contributed by atoms with Crippen molar-refractivity contribution >= 4 is 17.2 Å². The molecule has 4 nitrogen and oxygen atoms in total. The summed E-state index contributed by atoms with van der Waals surface area (Å²) in [6.45, 7) is 2.18. The predicted molar refractivity (Wildman–Crippen MR) is 93.2 cm³/mol. The van der Waals surface area contributed by atoms with Gasteiger partial charge in [-0.3, -0.25) is 4.79 Å². The number of aromatic nitrogens is 1. The predicted octanol–water partition coefficient (Wildman–Crippen LogP) is 2.63. The SMILES string of the molecule is NCc1nc(CC(=O)N2CCC(Cc3ccccc3)CC2)cs1. The Labute approximate surface area is 141 Å². The van der Waals surface area contributed by atoms with Crippen LogP contribution in [0.15, 0.2) is 35.7 Å². The first-order chi connectivity index (χ1) is 11.2. The largest absolute Gasteiger partial charge is 0.342 e. The minimum atomic E-state index is 0.192. The molecule has 0 atom stereocenters. The molecule has 1 saturated heterocycles. The van der Waals surface area contributed by atoms with Crippen LogP contribution < -0.4 is 5.73 Å². The minimum Gasteiger partial charge on any atom is -0.342 e. The fourth-order valence-electron chi connectivity index (χ4n) is 3.12. The Hall–Kier alpha value is -1.72. The third kappa shape index (κ3) is 4.39. The molecule has 1 amide bonds. The van der Waals surface area contributed by atoms with E-state index in [9.17, 15) is 4.79 Å². The molecule has 1 fully saturated rings. The second-order valence-electron chi connectivity index (χ2n) is 6.13. The van der Waals surface area contributed by atoms with Crippen LogP contribution in [0.3, 0.4) is 0 Å². The van der Waals surface area contributed by atoms with Gasteiger partial charge >= 0.3 is 0 Å². The zero-order chi connectivity index (χ0) is 16.1. The van der Waals surface area contributed by atoms with Crippen molar-refractivity contribution in [3.63, 3.8) is 0 Å². The average molecular weight is 329 g/mol. The molecule has 122 valence electrons. The number of benzene rings is 1. The summed E-state index contributed by atoms with van der Waals surface area (Å²) in [6.07, 6.45) is 3.70. The molecule has 1 aliphatic heterocycles. The molecule has 1 aromatic carbocycles. The molecular formula is C18H23N3OS. The first-order valence-corrected chi connectivity index (χ1v) is 9.07. The molecule has 1 aromatic heterocycles. The summed E-state index contributed by atoms with van der Waals surface area (Å²) in [5, 5.41) is 2.84. The molecule has 0 saturated carbocycles. The lowest BCUT2D eigenvalue weighted by molar-refractivity contribution is -0.131. The van der Waals surface area contributed by atoms with E-state index >= 15 is 0 Å². The van der Waals surface area contributed by atoms with Crippen LogP contribution in [0.4, 0.5) is 0 Å². The number of likely N-dealkylation sites (tertiary alicyclic amines) is 1. The molecule has 0 aliphatic carbocycles. The summed E-state index contributed by atoms with van der Waals surface area (Å²) in [5.74, 6) is 0.876. The standard InChI is InChI=1S/C18H23N3OS/c19-12-17-20-16(13-23-17)11-18(22)21-8-6-15(7-9-21)10-14-4-2-1-3-5-14/h1-5,13,15H,6-12,19H2. The summed E-state index contributed by atoms with van der Waals surface area (Å²) in [5.41, 5.74) is 7.82. The first kappa shape index (κ1) is 16.1. The minimum absolute atomic E-state index is 0.192. The van der Waals surface area contributed by atoms with Gasteiger partial charge in [0, 0.05) is 25.0 Å². The molecule has 0 bridgehead atoms. The maximum absolute atomic E-state index is 12.4. The molecule has 0 spiro atoms. The third-order valence-corrected chi connectivity index (χ3v) is 5.36. The third-order valence-electron chi connectivity index (χ3n) is 4.44. The van der Waals surface area contributed by atoms with Gasteiger partial charge in [0.25, 0.3) is 0 Å². The van der Waals surface area contributed by atoms with E-state index in [1.807, 2.05) is 10.3 Å². The Balaban J connectivity index is 1.47. The highest BCUT2D eigenvalue weighted by atomic mass is 32.1. The lowest BCUT2D eigenvalue weighted by Gasteiger charge is -2.32. The van der Waals surface area contributed by atoms with Gasteiger partial charge in [0.2, 0.25) is 5.91 Å². The van der Waals surface area contributed by atoms with E-state index in [1.54, 1.807) is 0 Å². The Morgan fingerprint density at radius 1 is 1.26 bits per heavy atom. The van der Waals surface area contributed by atoms with Gasteiger partial charge in [0.15, 0.2) is 0 Å². The molecule has 2 N–H and O–H groups in total. The molecular weight excluding hydrogens is 306 g/mol. The fourth-order valence-corrected chi connectivity index (χ4v) is 3.80. The summed E-state index contributed by atoms with van der Waals surface area (Å²) in [6, 6.07) is 10.6. The van der Waals surface area contributed by atoms with Gasteiger partial charge in [-0.1, -0.05) is 30.3 Å².